The van der Waals surface area contributed by atoms with Crippen LogP contribution in [-0.2, 0) is 28.2 Å². The van der Waals surface area contributed by atoms with Crippen LogP contribution in [0.15, 0.2) is 60.8 Å². The highest BCUT2D eigenvalue weighted by Crippen LogP contribution is 2.36. The molecule has 0 heterocycles. The van der Waals surface area contributed by atoms with Gasteiger partial charge in [-0.15, -0.1) is 0 Å². The Balaban J connectivity index is 4.00. The van der Waals surface area contributed by atoms with Gasteiger partial charge in [0.15, 0.2) is 6.10 Å². The highest BCUT2D eigenvalue weighted by molar-refractivity contribution is 7.46. The summed E-state index contributed by atoms with van der Waals surface area (Å²) in [6, 6.07) is 0. The lowest BCUT2D eigenvalue weighted by atomic mass is 10.1. The Hall–Kier alpha value is -2.25. The second-order valence-electron chi connectivity index (χ2n) is 13.6. The number of unbranched alkanes of at least 4 members (excludes halogenated alkanes) is 17. The molecule has 1 atom stereocenters. The molecule has 52 heavy (non-hydrogen) atoms. The Kier molecular flexibility index (Phi) is 36.8. The zero-order valence-electron chi connectivity index (χ0n) is 32.9. The number of carbonyl (C=O) groups excluding carboxylic acids is 2. The predicted molar refractivity (Wildman–Crippen MR) is 216 cm³/mol. The van der Waals surface area contributed by atoms with Crippen molar-refractivity contribution in [2.24, 2.45) is 0 Å². The molecular weight excluding hydrogens is 675 g/mol. The van der Waals surface area contributed by atoms with E-state index in [1.54, 1.807) is 0 Å². The molecule has 0 radical (unpaired) electrons. The van der Waals surface area contributed by atoms with Gasteiger partial charge in [0.1, 0.15) is 6.61 Å². The molecule has 0 aromatic heterocycles. The second kappa shape index (κ2) is 38.5. The lowest BCUT2D eigenvalue weighted by Crippen LogP contribution is -2.29. The van der Waals surface area contributed by atoms with Crippen molar-refractivity contribution < 1.29 is 37.9 Å². The van der Waals surface area contributed by atoms with E-state index in [0.717, 1.165) is 70.6 Å². The topological polar surface area (TPSA) is 119 Å². The zero-order valence-corrected chi connectivity index (χ0v) is 33.8. The van der Waals surface area contributed by atoms with E-state index in [0.29, 0.717) is 12.8 Å². The molecule has 0 spiro atoms. The summed E-state index contributed by atoms with van der Waals surface area (Å²) in [7, 11) is -4.76. The lowest BCUT2D eigenvalue weighted by molar-refractivity contribution is -0.161. The number of ether oxygens (including phenoxy) is 2. The largest absolute Gasteiger partial charge is 0.469 e. The number of allylic oxidation sites excluding steroid dienone is 10. The van der Waals surface area contributed by atoms with Gasteiger partial charge < -0.3 is 19.3 Å². The van der Waals surface area contributed by atoms with Gasteiger partial charge in [0.2, 0.25) is 0 Å². The van der Waals surface area contributed by atoms with Crippen molar-refractivity contribution in [2.45, 2.75) is 187 Å². The summed E-state index contributed by atoms with van der Waals surface area (Å²) >= 11 is 0. The summed E-state index contributed by atoms with van der Waals surface area (Å²) in [5.41, 5.74) is 0. The molecule has 0 aliphatic carbocycles. The maximum Gasteiger partial charge on any atom is 0.469 e. The van der Waals surface area contributed by atoms with E-state index in [1.807, 2.05) is 0 Å². The van der Waals surface area contributed by atoms with Gasteiger partial charge in [-0.05, 0) is 83.5 Å². The Morgan fingerprint density at radius 2 is 0.865 bits per heavy atom. The minimum Gasteiger partial charge on any atom is -0.462 e. The van der Waals surface area contributed by atoms with Crippen LogP contribution in [0.1, 0.15) is 181 Å². The van der Waals surface area contributed by atoms with E-state index in [-0.39, 0.29) is 19.4 Å². The molecule has 9 heteroatoms. The number of hydrogen-bond donors (Lipinski definition) is 2. The van der Waals surface area contributed by atoms with Crippen LogP contribution in [0.2, 0.25) is 0 Å². The van der Waals surface area contributed by atoms with Crippen molar-refractivity contribution in [2.75, 3.05) is 13.2 Å². The molecule has 0 bridgehead atoms. The number of esters is 2. The van der Waals surface area contributed by atoms with Gasteiger partial charge in [-0.25, -0.2) is 4.57 Å². The molecule has 0 unspecified atom stereocenters. The molecule has 0 fully saturated rings. The number of phosphoric ester groups is 1. The molecule has 8 nitrogen and oxygen atoms in total. The minimum atomic E-state index is -4.76. The monoisotopic (exact) mass is 751 g/mol. The van der Waals surface area contributed by atoms with Crippen molar-refractivity contribution >= 4 is 19.8 Å². The first-order valence-electron chi connectivity index (χ1n) is 20.6. The third-order valence-electron chi connectivity index (χ3n) is 8.51. The van der Waals surface area contributed by atoms with E-state index in [1.165, 1.54) is 70.6 Å². The highest BCUT2D eigenvalue weighted by Gasteiger charge is 2.22. The van der Waals surface area contributed by atoms with Crippen LogP contribution in [0.5, 0.6) is 0 Å². The van der Waals surface area contributed by atoms with Crippen molar-refractivity contribution in [1.82, 2.24) is 0 Å². The Morgan fingerprint density at radius 1 is 0.500 bits per heavy atom. The van der Waals surface area contributed by atoms with Crippen molar-refractivity contribution in [3.63, 3.8) is 0 Å². The maximum atomic E-state index is 12.4. The summed E-state index contributed by atoms with van der Waals surface area (Å²) in [6.45, 7) is 3.60. The molecule has 0 aromatic rings. The third kappa shape index (κ3) is 40.5. The Morgan fingerprint density at radius 3 is 1.29 bits per heavy atom. The summed E-state index contributed by atoms with van der Waals surface area (Å²) in [5.74, 6) is -0.922. The smallest absolute Gasteiger partial charge is 0.462 e. The van der Waals surface area contributed by atoms with Gasteiger partial charge >= 0.3 is 19.8 Å². The summed E-state index contributed by atoms with van der Waals surface area (Å²) in [6.07, 6.45) is 47.9. The zero-order chi connectivity index (χ0) is 38.2. The second-order valence-corrected chi connectivity index (χ2v) is 14.8. The fourth-order valence-corrected chi connectivity index (χ4v) is 5.77. The van der Waals surface area contributed by atoms with E-state index >= 15 is 0 Å². The average molecular weight is 751 g/mol. The SMILES string of the molecule is CCCCC/C=C/C/C=C/C/C=C/CCCCCCC(=O)OC[C@H](COP(=O)(O)O)OC(=O)CCCCCCCCC/C=C/C/C=C/CCCCC. The molecule has 2 N–H and O–H groups in total. The quantitative estimate of drug-likeness (QED) is 0.0279. The van der Waals surface area contributed by atoms with Gasteiger partial charge in [0.05, 0.1) is 6.61 Å². The third-order valence-corrected chi connectivity index (χ3v) is 8.99. The van der Waals surface area contributed by atoms with Crippen LogP contribution < -0.4 is 0 Å². The molecule has 0 saturated carbocycles. The number of carbonyl (C=O) groups is 2. The average Bonchev–Trinajstić information content (AvgIpc) is 3.11. The molecule has 0 amide bonds. The van der Waals surface area contributed by atoms with Crippen LogP contribution in [0.4, 0.5) is 0 Å². The minimum absolute atomic E-state index is 0.195. The van der Waals surface area contributed by atoms with E-state index in [9.17, 15) is 14.2 Å². The summed E-state index contributed by atoms with van der Waals surface area (Å²) in [5, 5.41) is 0. The predicted octanol–water partition coefficient (Wildman–Crippen LogP) is 12.5. The van der Waals surface area contributed by atoms with Crippen molar-refractivity contribution in [1.29, 1.82) is 0 Å². The van der Waals surface area contributed by atoms with E-state index < -0.39 is 32.5 Å². The van der Waals surface area contributed by atoms with Gasteiger partial charge in [-0.1, -0.05) is 145 Å². The summed E-state index contributed by atoms with van der Waals surface area (Å²) in [4.78, 5) is 42.8. The van der Waals surface area contributed by atoms with E-state index in [2.05, 4.69) is 79.1 Å². The van der Waals surface area contributed by atoms with E-state index in [4.69, 9.17) is 19.3 Å². The Bertz CT molecular complexity index is 1030. The standard InChI is InChI=1S/C43H75O8P/c1-3-5-7-9-11-13-15-17-19-21-23-25-27-29-31-33-35-37-42(44)49-39-41(40-50-52(46,47)48)51-43(45)38-36-34-32-30-28-26-24-22-20-18-16-14-12-10-8-6-4-2/h11-14,17-20,23,25,41H,3-10,15-16,21-22,24,26-40H2,1-2H3,(H2,46,47,48)/b13-11+,14-12+,19-17+,20-18+,25-23+/t41-/m1/s1. The number of phosphoric acid groups is 1. The molecule has 0 rings (SSSR count). The Labute approximate surface area is 317 Å². The molecule has 300 valence electrons. The van der Waals surface area contributed by atoms with Crippen LogP contribution in [0.25, 0.3) is 0 Å². The van der Waals surface area contributed by atoms with Gasteiger partial charge in [-0.3, -0.25) is 14.1 Å². The summed E-state index contributed by atoms with van der Waals surface area (Å²) < 4.78 is 26.4. The molecule has 0 saturated heterocycles. The highest BCUT2D eigenvalue weighted by atomic mass is 31.2. The molecule has 0 aromatic carbocycles. The van der Waals surface area contributed by atoms with Crippen LogP contribution in [-0.4, -0.2) is 41.0 Å². The molecule has 0 aliphatic heterocycles. The van der Waals surface area contributed by atoms with Crippen molar-refractivity contribution in [3.05, 3.63) is 60.8 Å². The first-order chi connectivity index (χ1) is 25.3. The lowest BCUT2D eigenvalue weighted by Gasteiger charge is -2.18. The van der Waals surface area contributed by atoms with Gasteiger partial charge in [0.25, 0.3) is 0 Å². The number of hydrogen-bond acceptors (Lipinski definition) is 6. The normalized spacial score (nSPS) is 13.1. The van der Waals surface area contributed by atoms with Gasteiger partial charge in [0, 0.05) is 12.8 Å². The number of rotatable bonds is 37. The van der Waals surface area contributed by atoms with Crippen molar-refractivity contribution in [3.8, 4) is 0 Å². The maximum absolute atomic E-state index is 12.4. The van der Waals surface area contributed by atoms with Crippen LogP contribution >= 0.6 is 7.82 Å². The van der Waals surface area contributed by atoms with Crippen LogP contribution in [0.3, 0.4) is 0 Å². The van der Waals surface area contributed by atoms with Gasteiger partial charge in [-0.2, -0.15) is 0 Å². The molecular formula is C43H75O8P. The fourth-order valence-electron chi connectivity index (χ4n) is 5.41. The fraction of sp³-hybridized carbons (Fsp3) is 0.721. The first kappa shape index (κ1) is 49.8. The van der Waals surface area contributed by atoms with Crippen LogP contribution in [0, 0.1) is 0 Å². The first-order valence-corrected chi connectivity index (χ1v) is 22.1. The molecule has 0 aliphatic rings.